The van der Waals surface area contributed by atoms with Gasteiger partial charge in [-0.1, -0.05) is 36.4 Å². The Labute approximate surface area is 161 Å². The topological polar surface area (TPSA) is 84.0 Å². The first-order valence-electron chi connectivity index (χ1n) is 8.68. The highest BCUT2D eigenvalue weighted by molar-refractivity contribution is 6.09. The molecule has 4 aromatic rings. The van der Waals surface area contributed by atoms with Crippen LogP contribution in [0.1, 0.15) is 20.8 Å². The van der Waals surface area contributed by atoms with E-state index in [0.29, 0.717) is 22.5 Å². The summed E-state index contributed by atoms with van der Waals surface area (Å²) in [4.78, 5) is 33.5. The molecule has 2 aromatic carbocycles. The first-order valence-corrected chi connectivity index (χ1v) is 8.68. The SMILES string of the molecule is O=C(Nc1ccccc1)c1ccnc(C(=O)Nc2cccc3cccnc23)c1. The number of para-hydroxylation sites is 2. The number of benzene rings is 2. The maximum atomic E-state index is 12.7. The van der Waals surface area contributed by atoms with E-state index in [4.69, 9.17) is 0 Å². The van der Waals surface area contributed by atoms with E-state index in [2.05, 4.69) is 20.6 Å². The zero-order chi connectivity index (χ0) is 19.3. The van der Waals surface area contributed by atoms with Crippen LogP contribution in [0.25, 0.3) is 10.9 Å². The van der Waals surface area contributed by atoms with Crippen LogP contribution in [0.15, 0.2) is 85.2 Å². The van der Waals surface area contributed by atoms with Crippen molar-refractivity contribution in [3.8, 4) is 0 Å². The van der Waals surface area contributed by atoms with Gasteiger partial charge in [0, 0.05) is 29.0 Å². The number of carbonyl (C=O) groups excluding carboxylic acids is 2. The minimum atomic E-state index is -0.410. The van der Waals surface area contributed by atoms with Crippen molar-refractivity contribution in [3.05, 3.63) is 96.4 Å². The van der Waals surface area contributed by atoms with Gasteiger partial charge < -0.3 is 10.6 Å². The zero-order valence-corrected chi connectivity index (χ0v) is 14.8. The van der Waals surface area contributed by atoms with E-state index in [-0.39, 0.29) is 11.6 Å². The molecule has 0 aliphatic carbocycles. The Morgan fingerprint density at radius 1 is 0.714 bits per heavy atom. The molecule has 28 heavy (non-hydrogen) atoms. The fourth-order valence-electron chi connectivity index (χ4n) is 2.81. The van der Waals surface area contributed by atoms with Gasteiger partial charge in [0.15, 0.2) is 0 Å². The molecule has 2 N–H and O–H groups in total. The lowest BCUT2D eigenvalue weighted by atomic mass is 10.1. The summed E-state index contributed by atoms with van der Waals surface area (Å²) in [7, 11) is 0. The van der Waals surface area contributed by atoms with Crippen molar-refractivity contribution in [1.29, 1.82) is 0 Å². The molecule has 4 rings (SSSR count). The Morgan fingerprint density at radius 3 is 2.39 bits per heavy atom. The third kappa shape index (κ3) is 3.71. The fourth-order valence-corrected chi connectivity index (χ4v) is 2.81. The normalized spacial score (nSPS) is 10.4. The number of fused-ring (bicyclic) bond motifs is 1. The average molecular weight is 368 g/mol. The maximum Gasteiger partial charge on any atom is 0.274 e. The van der Waals surface area contributed by atoms with E-state index in [1.54, 1.807) is 30.5 Å². The van der Waals surface area contributed by atoms with Crippen LogP contribution in [-0.2, 0) is 0 Å². The lowest BCUT2D eigenvalue weighted by Gasteiger charge is -2.09. The summed E-state index contributed by atoms with van der Waals surface area (Å²) >= 11 is 0. The van der Waals surface area contributed by atoms with Gasteiger partial charge in [-0.3, -0.25) is 19.6 Å². The molecule has 2 amide bonds. The van der Waals surface area contributed by atoms with Crippen molar-refractivity contribution in [2.24, 2.45) is 0 Å². The number of anilines is 2. The summed E-state index contributed by atoms with van der Waals surface area (Å²) in [5.74, 6) is -0.720. The Morgan fingerprint density at radius 2 is 1.54 bits per heavy atom. The van der Waals surface area contributed by atoms with Crippen LogP contribution < -0.4 is 10.6 Å². The summed E-state index contributed by atoms with van der Waals surface area (Å²) < 4.78 is 0. The number of nitrogens with one attached hydrogen (secondary N) is 2. The molecular formula is C22H16N4O2. The van der Waals surface area contributed by atoms with E-state index < -0.39 is 5.91 Å². The molecule has 0 aliphatic rings. The number of carbonyl (C=O) groups is 2. The first-order chi connectivity index (χ1) is 13.7. The van der Waals surface area contributed by atoms with Crippen LogP contribution in [0.4, 0.5) is 11.4 Å². The standard InChI is InChI=1S/C22H16N4O2/c27-21(25-17-8-2-1-3-9-17)16-11-13-23-19(14-16)22(28)26-18-10-4-6-15-7-5-12-24-20(15)18/h1-14H,(H,25,27)(H,26,28). The first kappa shape index (κ1) is 17.4. The summed E-state index contributed by atoms with van der Waals surface area (Å²) in [6.45, 7) is 0. The molecule has 2 heterocycles. The molecule has 0 aliphatic heterocycles. The van der Waals surface area contributed by atoms with Crippen LogP contribution in [-0.4, -0.2) is 21.8 Å². The summed E-state index contributed by atoms with van der Waals surface area (Å²) in [6.07, 6.45) is 3.11. The number of nitrogens with zero attached hydrogens (tertiary/aromatic N) is 2. The van der Waals surface area contributed by atoms with E-state index in [9.17, 15) is 9.59 Å². The van der Waals surface area contributed by atoms with Crippen LogP contribution in [0.2, 0.25) is 0 Å². The predicted octanol–water partition coefficient (Wildman–Crippen LogP) is 4.13. The molecule has 6 heteroatoms. The van der Waals surface area contributed by atoms with Gasteiger partial charge in [0.05, 0.1) is 11.2 Å². The largest absolute Gasteiger partial charge is 0.322 e. The fraction of sp³-hybridized carbons (Fsp3) is 0. The Balaban J connectivity index is 1.55. The highest BCUT2D eigenvalue weighted by Gasteiger charge is 2.13. The van der Waals surface area contributed by atoms with E-state index in [1.807, 2.05) is 42.5 Å². The van der Waals surface area contributed by atoms with E-state index >= 15 is 0 Å². The molecule has 2 aromatic heterocycles. The molecule has 6 nitrogen and oxygen atoms in total. The summed E-state index contributed by atoms with van der Waals surface area (Å²) in [5, 5.41) is 6.53. The number of hydrogen-bond donors (Lipinski definition) is 2. The van der Waals surface area contributed by atoms with Gasteiger partial charge in [0.1, 0.15) is 5.69 Å². The highest BCUT2D eigenvalue weighted by atomic mass is 16.2. The number of pyridine rings is 2. The molecule has 0 saturated heterocycles. The third-order valence-electron chi connectivity index (χ3n) is 4.17. The highest BCUT2D eigenvalue weighted by Crippen LogP contribution is 2.21. The maximum absolute atomic E-state index is 12.7. The van der Waals surface area contributed by atoms with Crippen LogP contribution >= 0.6 is 0 Å². The molecule has 0 spiro atoms. The van der Waals surface area contributed by atoms with Gasteiger partial charge >= 0.3 is 0 Å². The molecule has 0 radical (unpaired) electrons. The van der Waals surface area contributed by atoms with Crippen molar-refractivity contribution >= 4 is 34.1 Å². The van der Waals surface area contributed by atoms with Crippen molar-refractivity contribution in [3.63, 3.8) is 0 Å². The number of amides is 2. The smallest absolute Gasteiger partial charge is 0.274 e. The second kappa shape index (κ2) is 7.67. The molecule has 0 saturated carbocycles. The van der Waals surface area contributed by atoms with Gasteiger partial charge in [-0.15, -0.1) is 0 Å². The summed E-state index contributed by atoms with van der Waals surface area (Å²) in [6, 6.07) is 21.4. The van der Waals surface area contributed by atoms with Gasteiger partial charge in [0.2, 0.25) is 0 Å². The van der Waals surface area contributed by atoms with Gasteiger partial charge in [-0.2, -0.15) is 0 Å². The monoisotopic (exact) mass is 368 g/mol. The van der Waals surface area contributed by atoms with Crippen molar-refractivity contribution in [2.75, 3.05) is 10.6 Å². The zero-order valence-electron chi connectivity index (χ0n) is 14.8. The number of aromatic nitrogens is 2. The molecule has 136 valence electrons. The lowest BCUT2D eigenvalue weighted by Crippen LogP contribution is -2.17. The lowest BCUT2D eigenvalue weighted by molar-refractivity contribution is 0.102. The Bertz CT molecular complexity index is 1150. The number of rotatable bonds is 4. The number of hydrogen-bond acceptors (Lipinski definition) is 4. The molecule has 0 atom stereocenters. The molecule has 0 bridgehead atoms. The minimum Gasteiger partial charge on any atom is -0.322 e. The molecule has 0 unspecified atom stereocenters. The minimum absolute atomic E-state index is 0.147. The quantitative estimate of drug-likeness (QED) is 0.567. The van der Waals surface area contributed by atoms with Crippen molar-refractivity contribution < 1.29 is 9.59 Å². The molecular weight excluding hydrogens is 352 g/mol. The average Bonchev–Trinajstić information content (AvgIpc) is 2.75. The van der Waals surface area contributed by atoms with Gasteiger partial charge in [-0.05, 0) is 36.4 Å². The Hall–Kier alpha value is -4.06. The van der Waals surface area contributed by atoms with Gasteiger partial charge in [-0.25, -0.2) is 0 Å². The molecule has 0 fully saturated rings. The second-order valence-corrected chi connectivity index (χ2v) is 6.08. The second-order valence-electron chi connectivity index (χ2n) is 6.08. The van der Waals surface area contributed by atoms with Gasteiger partial charge in [0.25, 0.3) is 11.8 Å². The summed E-state index contributed by atoms with van der Waals surface area (Å²) in [5.41, 5.74) is 2.45. The van der Waals surface area contributed by atoms with Crippen LogP contribution in [0, 0.1) is 0 Å². The Kier molecular flexibility index (Phi) is 4.76. The predicted molar refractivity (Wildman–Crippen MR) is 108 cm³/mol. The van der Waals surface area contributed by atoms with Crippen molar-refractivity contribution in [2.45, 2.75) is 0 Å². The van der Waals surface area contributed by atoms with Crippen molar-refractivity contribution in [1.82, 2.24) is 9.97 Å². The van der Waals surface area contributed by atoms with Crippen LogP contribution in [0.3, 0.4) is 0 Å². The van der Waals surface area contributed by atoms with E-state index in [1.165, 1.54) is 12.3 Å². The third-order valence-corrected chi connectivity index (χ3v) is 4.17. The van der Waals surface area contributed by atoms with E-state index in [0.717, 1.165) is 5.39 Å². The van der Waals surface area contributed by atoms with Crippen LogP contribution in [0.5, 0.6) is 0 Å².